The standard InChI is InChI=1S/C6H18O25P6.Ca.2H/c7-1-2(8)4(10)6(12,5(11)3(1)9)26-33(16,17)28-35(20,21)30-37(24,25)31-36(22,23)29-34(18,19)27-32(13,14)15;;;/h1-5,7-12H,(H,16,17)(H,18,19)(H,20,21)(H,22,23)(H,24,25)(H2,13,14,15);;;/q;+2;2*-1/t1?,2-,3+,4-,5-,6?;;;/m1.../s1. The van der Waals surface area contributed by atoms with Crippen LogP contribution >= 0.6 is 46.9 Å². The molecule has 1 rings (SSSR count). The zero-order chi connectivity index (χ0) is 29.6. The third-order valence-electron chi connectivity index (χ3n) is 3.49. The summed E-state index contributed by atoms with van der Waals surface area (Å²) in [5, 5.41) is 57.9. The van der Waals surface area contributed by atoms with Gasteiger partial charge in [-0.25, -0.2) is 31.9 Å². The van der Waals surface area contributed by atoms with Crippen molar-refractivity contribution >= 4 is 84.7 Å². The molecule has 0 aromatic carbocycles. The van der Waals surface area contributed by atoms with Crippen LogP contribution in [0.15, 0.2) is 0 Å². The summed E-state index contributed by atoms with van der Waals surface area (Å²) in [6.07, 6.45) is -13.5. The summed E-state index contributed by atoms with van der Waals surface area (Å²) in [5.74, 6) is -3.96. The molecule has 0 bridgehead atoms. The summed E-state index contributed by atoms with van der Waals surface area (Å²) >= 11 is 0. The van der Waals surface area contributed by atoms with Crippen molar-refractivity contribution in [1.82, 2.24) is 0 Å². The quantitative estimate of drug-likeness (QED) is 0.0520. The van der Waals surface area contributed by atoms with Crippen molar-refractivity contribution in [3.8, 4) is 0 Å². The van der Waals surface area contributed by atoms with E-state index >= 15 is 0 Å². The zero-order valence-corrected chi connectivity index (χ0v) is 25.1. The van der Waals surface area contributed by atoms with Crippen LogP contribution in [0.3, 0.4) is 0 Å². The molecule has 1 saturated carbocycles. The Kier molecular flexibility index (Phi) is 13.9. The number of phosphoric ester groups is 1. The number of phosphoric acid groups is 6. The molecule has 226 valence electrons. The average Bonchev–Trinajstić information content (AvgIpc) is 2.56. The van der Waals surface area contributed by atoms with Gasteiger partial charge in [0.25, 0.3) is 0 Å². The van der Waals surface area contributed by atoms with E-state index in [9.17, 15) is 72.7 Å². The number of hydrogen-bond donors (Lipinski definition) is 13. The molecule has 25 nitrogen and oxygen atoms in total. The Morgan fingerprint density at radius 2 is 0.763 bits per heavy atom. The molecule has 0 aromatic heterocycles. The van der Waals surface area contributed by atoms with Gasteiger partial charge < -0.3 is 67.7 Å². The van der Waals surface area contributed by atoms with E-state index in [0.29, 0.717) is 0 Å². The van der Waals surface area contributed by atoms with Crippen LogP contribution in [-0.4, -0.2) is 139 Å². The van der Waals surface area contributed by atoms with Crippen molar-refractivity contribution in [2.45, 2.75) is 36.3 Å². The second kappa shape index (κ2) is 13.3. The zero-order valence-electron chi connectivity index (χ0n) is 19.5. The third kappa shape index (κ3) is 11.9. The molecule has 7 unspecified atom stereocenters. The van der Waals surface area contributed by atoms with Crippen LogP contribution in [0.1, 0.15) is 2.85 Å². The van der Waals surface area contributed by atoms with Gasteiger partial charge in [0.2, 0.25) is 5.79 Å². The predicted octanol–water partition coefficient (Wildman–Crippen LogP) is -3.97. The van der Waals surface area contributed by atoms with Gasteiger partial charge in [0.15, 0.2) is 0 Å². The molecule has 0 amide bonds. The molecule has 32 heteroatoms. The van der Waals surface area contributed by atoms with Crippen molar-refractivity contribution in [2.75, 3.05) is 0 Å². The monoisotopic (exact) mass is 718 g/mol. The molecule has 0 aliphatic heterocycles. The molecule has 38 heavy (non-hydrogen) atoms. The molecule has 0 spiro atoms. The minimum Gasteiger partial charge on any atom is -1.00 e. The van der Waals surface area contributed by atoms with Crippen molar-refractivity contribution in [1.29, 1.82) is 0 Å². The van der Waals surface area contributed by atoms with Gasteiger partial charge in [0, 0.05) is 0 Å². The topological polar surface area (TPSA) is 421 Å². The van der Waals surface area contributed by atoms with Crippen LogP contribution in [-0.2, 0) is 53.5 Å². The van der Waals surface area contributed by atoms with Gasteiger partial charge in [-0.1, -0.05) is 0 Å². The number of aliphatic hydroxyl groups excluding tert-OH is 5. The maximum atomic E-state index is 12.0. The maximum Gasteiger partial charge on any atom is 2.00 e. The molecule has 13 N–H and O–H groups in total. The van der Waals surface area contributed by atoms with Gasteiger partial charge in [0.1, 0.15) is 30.5 Å². The van der Waals surface area contributed by atoms with Crippen LogP contribution < -0.4 is 0 Å². The molecular weight excluding hydrogens is 698 g/mol. The largest absolute Gasteiger partial charge is 2.00 e. The van der Waals surface area contributed by atoms with Crippen LogP contribution in [0.5, 0.6) is 0 Å². The Labute approximate surface area is 241 Å². The maximum absolute atomic E-state index is 12.0. The average molecular weight is 718 g/mol. The minimum absolute atomic E-state index is 0. The van der Waals surface area contributed by atoms with Gasteiger partial charge in [0.05, 0.1) is 0 Å². The van der Waals surface area contributed by atoms with Gasteiger partial charge in [-0.15, -0.1) is 0 Å². The van der Waals surface area contributed by atoms with E-state index in [1.54, 1.807) is 0 Å². The summed E-state index contributed by atoms with van der Waals surface area (Å²) in [7, 11) is -38.3. The van der Waals surface area contributed by atoms with Crippen molar-refractivity contribution in [3.05, 3.63) is 0 Å². The smallest absolute Gasteiger partial charge is 1.00 e. The number of aliphatic hydroxyl groups is 6. The number of hydrogen-bond acceptors (Lipinski definition) is 18. The molecule has 1 aliphatic carbocycles. The van der Waals surface area contributed by atoms with Gasteiger partial charge in [-0.3, -0.25) is 0 Å². The van der Waals surface area contributed by atoms with E-state index in [2.05, 4.69) is 26.1 Å². The fourth-order valence-electron chi connectivity index (χ4n) is 2.26. The SMILES string of the molecule is O=P(O)(O)OP(=O)(O)OP(=O)(O)OP(=O)(O)OP(=O)(O)OP(=O)(O)OC1(O)[C@H](O)[C@H](O)C(O)[C@H](O)[C@H]1O.[Ca+2].[H-].[H-]. The molecule has 0 heterocycles. The molecule has 1 aliphatic rings. The Balaban J connectivity index is -0.00000456. The van der Waals surface area contributed by atoms with Crippen LogP contribution in [0.2, 0.25) is 0 Å². The first kappa shape index (κ1) is 39.9. The first-order valence-corrected chi connectivity index (χ1v) is 17.1. The van der Waals surface area contributed by atoms with E-state index in [1.165, 1.54) is 0 Å². The van der Waals surface area contributed by atoms with Crippen molar-refractivity contribution in [3.63, 3.8) is 0 Å². The van der Waals surface area contributed by atoms with Gasteiger partial charge in [-0.2, -0.15) is 21.6 Å². The summed E-state index contributed by atoms with van der Waals surface area (Å²) < 4.78 is 88.7. The van der Waals surface area contributed by atoms with Gasteiger partial charge >= 0.3 is 84.7 Å². The van der Waals surface area contributed by atoms with E-state index in [4.69, 9.17) is 19.6 Å². The normalized spacial score (nSPS) is 36.4. The van der Waals surface area contributed by atoms with E-state index in [0.717, 1.165) is 0 Å². The first-order valence-electron chi connectivity index (χ1n) is 8.13. The summed E-state index contributed by atoms with van der Waals surface area (Å²) in [6.45, 7) is 0. The second-order valence-electron chi connectivity index (χ2n) is 6.45. The fourth-order valence-corrected chi connectivity index (χ4v) is 9.78. The van der Waals surface area contributed by atoms with Gasteiger partial charge in [-0.05, 0) is 0 Å². The molecule has 11 atom stereocenters. The predicted molar refractivity (Wildman–Crippen MR) is 111 cm³/mol. The van der Waals surface area contributed by atoms with Crippen LogP contribution in [0.25, 0.3) is 0 Å². The summed E-state index contributed by atoms with van der Waals surface area (Å²) in [4.78, 5) is 62.9. The van der Waals surface area contributed by atoms with Crippen LogP contribution in [0, 0.1) is 0 Å². The van der Waals surface area contributed by atoms with E-state index in [1.807, 2.05) is 0 Å². The molecule has 0 saturated heterocycles. The summed E-state index contributed by atoms with van der Waals surface area (Å²) in [6, 6.07) is 0. The van der Waals surface area contributed by atoms with Crippen LogP contribution in [0.4, 0.5) is 0 Å². The second-order valence-corrected chi connectivity index (χ2v) is 15.6. The summed E-state index contributed by atoms with van der Waals surface area (Å²) in [5.41, 5.74) is 0. The van der Waals surface area contributed by atoms with Crippen molar-refractivity contribution < 1.29 is 121 Å². The van der Waals surface area contributed by atoms with E-state index in [-0.39, 0.29) is 40.6 Å². The Morgan fingerprint density at radius 3 is 1.05 bits per heavy atom. The Hall–Kier alpha value is 1.88. The Morgan fingerprint density at radius 1 is 0.500 bits per heavy atom. The fraction of sp³-hybridized carbons (Fsp3) is 1.00. The molecule has 1 fully saturated rings. The third-order valence-corrected chi connectivity index (χ3v) is 12.3. The van der Waals surface area contributed by atoms with Crippen molar-refractivity contribution in [2.24, 2.45) is 0 Å². The minimum atomic E-state index is -6.59. The molecule has 0 radical (unpaired) electrons. The number of rotatable bonds is 12. The molecular formula is C6H20CaO25P6. The Bertz CT molecular complexity index is 1120. The van der Waals surface area contributed by atoms with E-state index < -0.39 is 83.2 Å². The first-order chi connectivity index (χ1) is 16.0. The molecule has 0 aromatic rings.